The van der Waals surface area contributed by atoms with Crippen LogP contribution in [0.25, 0.3) is 0 Å². The summed E-state index contributed by atoms with van der Waals surface area (Å²) in [7, 11) is 0. The van der Waals surface area contributed by atoms with Gasteiger partial charge in [0, 0.05) is 24.7 Å². The molecule has 0 aromatic heterocycles. The van der Waals surface area contributed by atoms with Crippen LogP contribution in [0.4, 0.5) is 5.69 Å². The van der Waals surface area contributed by atoms with Crippen molar-refractivity contribution in [2.24, 2.45) is 5.73 Å². The molecule has 1 fully saturated rings. The van der Waals surface area contributed by atoms with Gasteiger partial charge in [-0.2, -0.15) is 0 Å². The SMILES string of the molecule is CCCC(c1cccc(C)c1N1CCCCC1)C(C(N)=O)c1ccc(C(=O)OCC)cc1. The van der Waals surface area contributed by atoms with Gasteiger partial charge in [-0.25, -0.2) is 4.79 Å². The van der Waals surface area contributed by atoms with E-state index in [1.165, 1.54) is 36.1 Å². The first kappa shape index (κ1) is 23.8. The third kappa shape index (κ3) is 5.32. The number of nitrogens with two attached hydrogens (primary N) is 1. The van der Waals surface area contributed by atoms with E-state index in [4.69, 9.17) is 10.5 Å². The molecule has 172 valence electrons. The number of piperidine rings is 1. The van der Waals surface area contributed by atoms with Gasteiger partial charge in [-0.15, -0.1) is 0 Å². The Balaban J connectivity index is 2.03. The number of rotatable bonds is 9. The summed E-state index contributed by atoms with van der Waals surface area (Å²) in [4.78, 5) is 27.3. The Morgan fingerprint density at radius 3 is 2.31 bits per heavy atom. The van der Waals surface area contributed by atoms with Crippen LogP contribution in [-0.2, 0) is 9.53 Å². The Morgan fingerprint density at radius 1 is 1.03 bits per heavy atom. The molecule has 2 aromatic rings. The van der Waals surface area contributed by atoms with E-state index >= 15 is 0 Å². The van der Waals surface area contributed by atoms with Crippen molar-refractivity contribution >= 4 is 17.6 Å². The largest absolute Gasteiger partial charge is 0.462 e. The van der Waals surface area contributed by atoms with E-state index in [0.29, 0.717) is 12.2 Å². The fourth-order valence-electron chi connectivity index (χ4n) is 4.98. The molecule has 1 heterocycles. The quantitative estimate of drug-likeness (QED) is 0.540. The van der Waals surface area contributed by atoms with Gasteiger partial charge in [0.2, 0.25) is 5.91 Å². The summed E-state index contributed by atoms with van der Waals surface area (Å²) in [5, 5.41) is 0. The number of amides is 1. The van der Waals surface area contributed by atoms with E-state index < -0.39 is 5.92 Å². The second-order valence-corrected chi connectivity index (χ2v) is 8.68. The van der Waals surface area contributed by atoms with Crippen LogP contribution in [0.15, 0.2) is 42.5 Å². The fraction of sp³-hybridized carbons (Fsp3) is 0.481. The summed E-state index contributed by atoms with van der Waals surface area (Å²) in [5.74, 6) is -1.18. The Bertz CT molecular complexity index is 917. The molecular weight excluding hydrogens is 400 g/mol. The number of benzene rings is 2. The Labute approximate surface area is 191 Å². The van der Waals surface area contributed by atoms with Crippen molar-refractivity contribution in [1.82, 2.24) is 0 Å². The first-order valence-electron chi connectivity index (χ1n) is 11.9. The van der Waals surface area contributed by atoms with Crippen molar-refractivity contribution in [2.75, 3.05) is 24.6 Å². The van der Waals surface area contributed by atoms with Gasteiger partial charge < -0.3 is 15.4 Å². The molecule has 0 aliphatic carbocycles. The fourth-order valence-corrected chi connectivity index (χ4v) is 4.98. The standard InChI is InChI=1S/C27H36N2O3/c1-4-10-22(23-12-9-11-19(3)25(23)29-17-7-6-8-18-29)24(26(28)30)20-13-15-21(16-14-20)27(31)32-5-2/h9,11-16,22,24H,4-8,10,17-18H2,1-3H3,(H2,28,30). The van der Waals surface area contributed by atoms with E-state index in [0.717, 1.165) is 31.5 Å². The second-order valence-electron chi connectivity index (χ2n) is 8.68. The molecule has 2 N–H and O–H groups in total. The van der Waals surface area contributed by atoms with E-state index in [1.807, 2.05) is 12.1 Å². The highest BCUT2D eigenvalue weighted by Gasteiger charge is 2.32. The predicted octanol–water partition coefficient (Wildman–Crippen LogP) is 5.31. The maximum Gasteiger partial charge on any atom is 0.338 e. The highest BCUT2D eigenvalue weighted by atomic mass is 16.5. The van der Waals surface area contributed by atoms with E-state index in [1.54, 1.807) is 19.1 Å². The minimum atomic E-state index is -0.462. The van der Waals surface area contributed by atoms with Crippen molar-refractivity contribution in [1.29, 1.82) is 0 Å². The number of carbonyl (C=O) groups is 2. The molecule has 1 aliphatic rings. The predicted molar refractivity (Wildman–Crippen MR) is 129 cm³/mol. The lowest BCUT2D eigenvalue weighted by molar-refractivity contribution is -0.120. The number of anilines is 1. The molecule has 0 saturated carbocycles. The van der Waals surface area contributed by atoms with Gasteiger partial charge in [0.15, 0.2) is 0 Å². The first-order chi connectivity index (χ1) is 15.5. The summed E-state index contributed by atoms with van der Waals surface area (Å²) in [5.41, 5.74) is 11.0. The average Bonchev–Trinajstić information content (AvgIpc) is 2.79. The Hall–Kier alpha value is -2.82. The number of carbonyl (C=O) groups excluding carboxylic acids is 2. The summed E-state index contributed by atoms with van der Waals surface area (Å²) in [6.07, 6.45) is 5.47. The smallest absolute Gasteiger partial charge is 0.338 e. The zero-order valence-corrected chi connectivity index (χ0v) is 19.6. The lowest BCUT2D eigenvalue weighted by atomic mass is 9.77. The van der Waals surface area contributed by atoms with Gasteiger partial charge in [-0.1, -0.05) is 43.7 Å². The zero-order valence-electron chi connectivity index (χ0n) is 19.6. The molecule has 2 aromatic carbocycles. The number of ether oxygens (including phenoxy) is 1. The van der Waals surface area contributed by atoms with Crippen LogP contribution in [-0.4, -0.2) is 31.6 Å². The maximum atomic E-state index is 12.8. The molecule has 3 rings (SSSR count). The minimum absolute atomic E-state index is 0.0252. The van der Waals surface area contributed by atoms with Crippen LogP contribution in [0, 0.1) is 6.92 Å². The van der Waals surface area contributed by atoms with E-state index in [-0.39, 0.29) is 17.8 Å². The lowest BCUT2D eigenvalue weighted by Crippen LogP contribution is -2.33. The minimum Gasteiger partial charge on any atom is -0.462 e. The number of hydrogen-bond donors (Lipinski definition) is 1. The molecule has 0 radical (unpaired) electrons. The van der Waals surface area contributed by atoms with Gasteiger partial charge in [0.25, 0.3) is 0 Å². The molecule has 1 saturated heterocycles. The zero-order chi connectivity index (χ0) is 23.1. The Morgan fingerprint density at radius 2 is 1.72 bits per heavy atom. The third-order valence-corrected chi connectivity index (χ3v) is 6.43. The van der Waals surface area contributed by atoms with Gasteiger partial charge in [0.05, 0.1) is 18.1 Å². The van der Waals surface area contributed by atoms with Crippen molar-refractivity contribution in [3.8, 4) is 0 Å². The van der Waals surface area contributed by atoms with Crippen LogP contribution in [0.1, 0.15) is 84.8 Å². The number of primary amides is 1. The summed E-state index contributed by atoms with van der Waals surface area (Å²) in [6.45, 7) is 8.51. The van der Waals surface area contributed by atoms with E-state index in [2.05, 4.69) is 36.9 Å². The van der Waals surface area contributed by atoms with Crippen LogP contribution in [0.3, 0.4) is 0 Å². The number of para-hydroxylation sites is 1. The highest BCUT2D eigenvalue weighted by molar-refractivity contribution is 5.90. The number of nitrogens with zero attached hydrogens (tertiary/aromatic N) is 1. The van der Waals surface area contributed by atoms with Crippen LogP contribution in [0.2, 0.25) is 0 Å². The Kier molecular flexibility index (Phi) is 8.32. The van der Waals surface area contributed by atoms with Crippen LogP contribution >= 0.6 is 0 Å². The second kappa shape index (κ2) is 11.2. The molecule has 2 atom stereocenters. The topological polar surface area (TPSA) is 72.6 Å². The maximum absolute atomic E-state index is 12.8. The van der Waals surface area contributed by atoms with Crippen LogP contribution < -0.4 is 10.6 Å². The molecule has 5 nitrogen and oxygen atoms in total. The van der Waals surface area contributed by atoms with Gasteiger partial charge in [0.1, 0.15) is 0 Å². The molecule has 1 aliphatic heterocycles. The van der Waals surface area contributed by atoms with Gasteiger partial charge in [-0.3, -0.25) is 4.79 Å². The monoisotopic (exact) mass is 436 g/mol. The van der Waals surface area contributed by atoms with Crippen molar-refractivity contribution in [2.45, 2.75) is 64.7 Å². The van der Waals surface area contributed by atoms with Crippen molar-refractivity contribution < 1.29 is 14.3 Å². The first-order valence-corrected chi connectivity index (χ1v) is 11.9. The number of esters is 1. The molecule has 0 spiro atoms. The molecule has 5 heteroatoms. The summed E-state index contributed by atoms with van der Waals surface area (Å²) in [6, 6.07) is 13.6. The van der Waals surface area contributed by atoms with Gasteiger partial charge >= 0.3 is 5.97 Å². The van der Waals surface area contributed by atoms with E-state index in [9.17, 15) is 9.59 Å². The third-order valence-electron chi connectivity index (χ3n) is 6.43. The lowest BCUT2D eigenvalue weighted by Gasteiger charge is -2.35. The highest BCUT2D eigenvalue weighted by Crippen LogP contribution is 2.42. The molecule has 2 unspecified atom stereocenters. The molecule has 32 heavy (non-hydrogen) atoms. The molecule has 1 amide bonds. The van der Waals surface area contributed by atoms with Gasteiger partial charge in [-0.05, 0) is 68.4 Å². The van der Waals surface area contributed by atoms with Crippen LogP contribution in [0.5, 0.6) is 0 Å². The van der Waals surface area contributed by atoms with Crippen molar-refractivity contribution in [3.05, 3.63) is 64.7 Å². The molecule has 0 bridgehead atoms. The van der Waals surface area contributed by atoms with Crippen molar-refractivity contribution in [3.63, 3.8) is 0 Å². The number of aryl methyl sites for hydroxylation is 1. The number of hydrogen-bond acceptors (Lipinski definition) is 4. The molecular formula is C27H36N2O3. The summed E-state index contributed by atoms with van der Waals surface area (Å²) >= 11 is 0. The average molecular weight is 437 g/mol. The summed E-state index contributed by atoms with van der Waals surface area (Å²) < 4.78 is 5.09. The normalized spacial score (nSPS) is 15.8.